The van der Waals surface area contributed by atoms with E-state index in [0.717, 1.165) is 35.7 Å². The first-order valence-corrected chi connectivity index (χ1v) is 10.5. The van der Waals surface area contributed by atoms with Crippen molar-refractivity contribution in [1.29, 1.82) is 0 Å². The zero-order chi connectivity index (χ0) is 23.4. The zero-order valence-corrected chi connectivity index (χ0v) is 17.6. The molecule has 4 N–H and O–H groups in total. The number of alkyl halides is 3. The van der Waals surface area contributed by atoms with Gasteiger partial charge in [-0.05, 0) is 36.6 Å². The molecule has 0 radical (unpaired) electrons. The Labute approximate surface area is 187 Å². The number of aromatic nitrogens is 2. The minimum Gasteiger partial charge on any atom is -0.394 e. The molecule has 0 spiro atoms. The molecule has 0 amide bonds. The van der Waals surface area contributed by atoms with Crippen LogP contribution in [0, 0.1) is 0 Å². The monoisotopic (exact) mass is 460 g/mol. The van der Waals surface area contributed by atoms with Crippen molar-refractivity contribution in [3.05, 3.63) is 69.4 Å². The van der Waals surface area contributed by atoms with E-state index >= 15 is 0 Å². The average molecular weight is 460 g/mol. The maximum absolute atomic E-state index is 12.8. The number of pyridine rings is 2. The molecular formula is C22H23F3N6O2. The van der Waals surface area contributed by atoms with Crippen molar-refractivity contribution in [1.82, 2.24) is 15.3 Å². The normalized spacial score (nSPS) is 19.5. The van der Waals surface area contributed by atoms with Crippen molar-refractivity contribution in [3.63, 3.8) is 0 Å². The van der Waals surface area contributed by atoms with Crippen molar-refractivity contribution in [2.75, 3.05) is 18.5 Å². The molecular weight excluding hydrogens is 437 g/mol. The predicted octanol–water partition coefficient (Wildman–Crippen LogP) is 2.62. The Morgan fingerprint density at radius 3 is 2.76 bits per heavy atom. The Hall–Kier alpha value is -3.47. The fraction of sp³-hybridized carbons (Fsp3) is 0.364. The van der Waals surface area contributed by atoms with Gasteiger partial charge in [0.25, 0.3) is 5.56 Å². The number of anilines is 1. The van der Waals surface area contributed by atoms with E-state index in [0.29, 0.717) is 37.2 Å². The Morgan fingerprint density at radius 1 is 1.24 bits per heavy atom. The molecule has 2 aromatic rings. The molecule has 0 aromatic carbocycles. The highest BCUT2D eigenvalue weighted by atomic mass is 19.4. The van der Waals surface area contributed by atoms with E-state index in [1.165, 1.54) is 6.07 Å². The molecule has 3 heterocycles. The third-order valence-corrected chi connectivity index (χ3v) is 5.37. The van der Waals surface area contributed by atoms with Gasteiger partial charge in [0.15, 0.2) is 0 Å². The molecule has 1 atom stereocenters. The number of nitrogens with zero attached hydrogens (tertiary/aromatic N) is 3. The molecule has 0 saturated carbocycles. The number of hydrogen-bond acceptors (Lipinski definition) is 7. The number of aliphatic imine (C=N–C) groups is 2. The van der Waals surface area contributed by atoms with Gasteiger partial charge in [-0.1, -0.05) is 6.08 Å². The number of aliphatic hydroxyl groups is 1. The van der Waals surface area contributed by atoms with E-state index < -0.39 is 17.9 Å². The average Bonchev–Trinajstić information content (AvgIpc) is 2.78. The van der Waals surface area contributed by atoms with Crippen LogP contribution in [-0.4, -0.2) is 45.9 Å². The number of hydrogen-bond donors (Lipinski definition) is 4. The zero-order valence-electron chi connectivity index (χ0n) is 17.6. The molecule has 2 aliphatic rings. The lowest BCUT2D eigenvalue weighted by atomic mass is 9.99. The summed E-state index contributed by atoms with van der Waals surface area (Å²) in [5, 5.41) is 15.2. The molecule has 174 valence electrons. The summed E-state index contributed by atoms with van der Waals surface area (Å²) >= 11 is 0. The number of nitrogens with one attached hydrogen (secondary N) is 3. The van der Waals surface area contributed by atoms with Crippen molar-refractivity contribution < 1.29 is 18.3 Å². The third kappa shape index (κ3) is 5.48. The lowest BCUT2D eigenvalue weighted by Gasteiger charge is -2.26. The van der Waals surface area contributed by atoms with Crippen LogP contribution in [0.25, 0.3) is 0 Å². The molecule has 11 heteroatoms. The summed E-state index contributed by atoms with van der Waals surface area (Å²) in [6.45, 7) is 0.392. The number of fused-ring (bicyclic) bond motifs is 1. The van der Waals surface area contributed by atoms with Crippen molar-refractivity contribution in [3.8, 4) is 0 Å². The van der Waals surface area contributed by atoms with Gasteiger partial charge in [0.05, 0.1) is 24.3 Å². The Bertz CT molecular complexity index is 1150. The van der Waals surface area contributed by atoms with Gasteiger partial charge < -0.3 is 20.7 Å². The fourth-order valence-electron chi connectivity index (χ4n) is 3.76. The molecule has 1 unspecified atom stereocenters. The largest absolute Gasteiger partial charge is 0.417 e. The number of rotatable bonds is 5. The van der Waals surface area contributed by atoms with Gasteiger partial charge in [-0.3, -0.25) is 9.79 Å². The quantitative estimate of drug-likeness (QED) is 0.548. The van der Waals surface area contributed by atoms with Gasteiger partial charge in [-0.2, -0.15) is 13.2 Å². The van der Waals surface area contributed by atoms with E-state index in [2.05, 4.69) is 30.6 Å². The minimum atomic E-state index is -4.46. The van der Waals surface area contributed by atoms with Crippen LogP contribution in [0.3, 0.4) is 0 Å². The predicted molar refractivity (Wildman–Crippen MR) is 118 cm³/mol. The summed E-state index contributed by atoms with van der Waals surface area (Å²) < 4.78 is 38.4. The first kappa shape index (κ1) is 22.7. The van der Waals surface area contributed by atoms with E-state index in [-0.39, 0.29) is 18.0 Å². The van der Waals surface area contributed by atoms with Crippen LogP contribution >= 0.6 is 0 Å². The second-order valence-corrected chi connectivity index (χ2v) is 7.71. The standard InChI is InChI=1S/C22H23F3N6O2/c23-22(24,25)14-1-6-17(28-12-14)30-18-11-13-7-8-27-21(33)19(13)20(31-18)29-16-4-2-15(3-5-16)26-9-10-32/h1,4,6-8,12,18,32H,2-3,5,9-11H2,(H,27,33)(H,28,30)(H,29,31). The van der Waals surface area contributed by atoms with Crippen molar-refractivity contribution >= 4 is 17.4 Å². The van der Waals surface area contributed by atoms with Crippen LogP contribution in [-0.2, 0) is 12.6 Å². The van der Waals surface area contributed by atoms with Crippen LogP contribution in [0.15, 0.2) is 57.1 Å². The van der Waals surface area contributed by atoms with Crippen molar-refractivity contribution in [2.24, 2.45) is 9.98 Å². The van der Waals surface area contributed by atoms with Crippen LogP contribution in [0.5, 0.6) is 0 Å². The van der Waals surface area contributed by atoms with Crippen molar-refractivity contribution in [2.45, 2.75) is 38.0 Å². The summed E-state index contributed by atoms with van der Waals surface area (Å²) in [5.74, 6) is 0.649. The molecule has 4 rings (SSSR count). The number of aromatic amines is 1. The van der Waals surface area contributed by atoms with Gasteiger partial charge in [-0.15, -0.1) is 0 Å². The highest BCUT2D eigenvalue weighted by molar-refractivity contribution is 6.02. The number of allylic oxidation sites excluding steroid dienone is 2. The first-order valence-electron chi connectivity index (χ1n) is 10.5. The van der Waals surface area contributed by atoms with Gasteiger partial charge in [-0.25, -0.2) is 9.98 Å². The van der Waals surface area contributed by atoms with Crippen LogP contribution in [0.2, 0.25) is 0 Å². The summed E-state index contributed by atoms with van der Waals surface area (Å²) in [5.41, 5.74) is 2.02. The fourth-order valence-corrected chi connectivity index (χ4v) is 3.76. The lowest BCUT2D eigenvalue weighted by molar-refractivity contribution is -0.137. The summed E-state index contributed by atoms with van der Waals surface area (Å²) in [6.07, 6.45) is 1.78. The maximum Gasteiger partial charge on any atom is 0.417 e. The summed E-state index contributed by atoms with van der Waals surface area (Å²) in [7, 11) is 0. The van der Waals surface area contributed by atoms with Gasteiger partial charge in [0, 0.05) is 36.6 Å². The van der Waals surface area contributed by atoms with Gasteiger partial charge in [0.2, 0.25) is 0 Å². The van der Waals surface area contributed by atoms with Crippen LogP contribution in [0.1, 0.15) is 36.0 Å². The number of amidine groups is 1. The van der Waals surface area contributed by atoms with E-state index in [1.807, 2.05) is 6.08 Å². The smallest absolute Gasteiger partial charge is 0.394 e. The highest BCUT2D eigenvalue weighted by Crippen LogP contribution is 2.29. The third-order valence-electron chi connectivity index (χ3n) is 5.37. The molecule has 0 saturated heterocycles. The minimum absolute atomic E-state index is 0.0108. The van der Waals surface area contributed by atoms with E-state index in [1.54, 1.807) is 12.3 Å². The summed E-state index contributed by atoms with van der Waals surface area (Å²) in [6, 6.07) is 4.01. The number of H-pyrrole nitrogens is 1. The Morgan fingerprint density at radius 2 is 2.09 bits per heavy atom. The topological polar surface area (TPSA) is 115 Å². The van der Waals surface area contributed by atoms with Gasteiger partial charge >= 0.3 is 6.18 Å². The summed E-state index contributed by atoms with van der Waals surface area (Å²) in [4.78, 5) is 28.0. The van der Waals surface area contributed by atoms with E-state index in [9.17, 15) is 18.0 Å². The molecule has 8 nitrogen and oxygen atoms in total. The molecule has 0 bridgehead atoms. The molecule has 1 aliphatic carbocycles. The first-order chi connectivity index (χ1) is 15.8. The molecule has 2 aromatic heterocycles. The molecule has 0 fully saturated rings. The van der Waals surface area contributed by atoms with Crippen LogP contribution in [0.4, 0.5) is 19.0 Å². The molecule has 1 aliphatic heterocycles. The molecule has 33 heavy (non-hydrogen) atoms. The number of aliphatic hydroxyl groups excluding tert-OH is 1. The van der Waals surface area contributed by atoms with E-state index in [4.69, 9.17) is 5.11 Å². The van der Waals surface area contributed by atoms with Gasteiger partial charge in [0.1, 0.15) is 17.8 Å². The second-order valence-electron chi connectivity index (χ2n) is 7.71. The Balaban J connectivity index is 1.55. The SMILES string of the molecule is O=c1[nH]ccc2c1C(NC1=CCC(=NCCO)CC1)=NC(Nc1ccc(C(F)(F)F)cn1)C2. The number of halogens is 3. The highest BCUT2D eigenvalue weighted by Gasteiger charge is 2.31. The van der Waals surface area contributed by atoms with Crippen LogP contribution < -0.4 is 16.2 Å². The maximum atomic E-state index is 12.8. The second kappa shape index (κ2) is 9.57. The Kier molecular flexibility index (Phi) is 6.59. The lowest BCUT2D eigenvalue weighted by Crippen LogP contribution is -2.39.